The molecule has 0 aliphatic heterocycles. The molecule has 1 aromatic carbocycles. The van der Waals surface area contributed by atoms with Gasteiger partial charge in [0.1, 0.15) is 19.6 Å². The summed E-state index contributed by atoms with van der Waals surface area (Å²) in [6, 6.07) is 8.32. The molecular formula is C16H24ClNO2. The molecule has 0 amide bonds. The molecule has 0 aromatic heterocycles. The summed E-state index contributed by atoms with van der Waals surface area (Å²) in [5.41, 5.74) is 2.55. The molecule has 4 heteroatoms. The predicted molar refractivity (Wildman–Crippen MR) is 77.2 cm³/mol. The first kappa shape index (κ1) is 18.7. The summed E-state index contributed by atoms with van der Waals surface area (Å²) in [5.74, 6) is -0.363. The molecule has 0 aliphatic carbocycles. The molecule has 1 rings (SSSR count). The number of carbonyl (C=O) groups is 1. The van der Waals surface area contributed by atoms with E-state index in [0.29, 0.717) is 11.2 Å². The van der Waals surface area contributed by atoms with Gasteiger partial charge in [0, 0.05) is 11.6 Å². The summed E-state index contributed by atoms with van der Waals surface area (Å²) in [6.07, 6.45) is 2.21. The lowest BCUT2D eigenvalue weighted by molar-refractivity contribution is -1.10. The number of rotatable bonds is 7. The van der Waals surface area contributed by atoms with Gasteiger partial charge in [0.2, 0.25) is 0 Å². The number of quaternary nitrogens is 1. The Labute approximate surface area is 128 Å². The van der Waals surface area contributed by atoms with Crippen molar-refractivity contribution in [3.8, 4) is 0 Å². The lowest BCUT2D eigenvalue weighted by atomic mass is 10.0. The third-order valence-electron chi connectivity index (χ3n) is 3.56. The number of hydrogen-bond acceptors (Lipinski definition) is 2. The van der Waals surface area contributed by atoms with Crippen molar-refractivity contribution in [2.75, 3.05) is 13.1 Å². The van der Waals surface area contributed by atoms with Crippen LogP contribution in [0.5, 0.6) is 0 Å². The van der Waals surface area contributed by atoms with E-state index in [2.05, 4.69) is 25.6 Å². The minimum Gasteiger partial charge on any atom is -1.00 e. The van der Waals surface area contributed by atoms with E-state index >= 15 is 0 Å². The first-order valence-electron chi connectivity index (χ1n) is 6.89. The van der Waals surface area contributed by atoms with Crippen LogP contribution in [-0.4, -0.2) is 23.7 Å². The predicted octanol–water partition coefficient (Wildman–Crippen LogP) is 0.254. The Morgan fingerprint density at radius 3 is 2.20 bits per heavy atom. The van der Waals surface area contributed by atoms with Gasteiger partial charge in [-0.2, -0.15) is 0 Å². The second-order valence-electron chi connectivity index (χ2n) is 4.59. The van der Waals surface area contributed by atoms with Crippen molar-refractivity contribution in [1.29, 1.82) is 0 Å². The van der Waals surface area contributed by atoms with Gasteiger partial charge in [-0.15, -0.1) is 4.65 Å². The van der Waals surface area contributed by atoms with E-state index in [-0.39, 0.29) is 18.4 Å². The van der Waals surface area contributed by atoms with Gasteiger partial charge in [-0.1, -0.05) is 37.8 Å². The molecular weight excluding hydrogens is 274 g/mol. The Bertz CT molecular complexity index is 442. The van der Waals surface area contributed by atoms with Crippen molar-refractivity contribution in [3.05, 3.63) is 48.0 Å². The molecule has 0 atom stereocenters. The Morgan fingerprint density at radius 2 is 1.75 bits per heavy atom. The standard InChI is InChI=1S/C16H24NO2.ClH/c1-5-14-11-9-10-12-15(14)13-17(7-3,8-4)19-16(18)6-2;/h6,9-12H,2,5,7-8,13H2,1,3-4H3;1H/q+1;/p-1. The monoisotopic (exact) mass is 297 g/mol. The van der Waals surface area contributed by atoms with Crippen LogP contribution in [0.15, 0.2) is 36.9 Å². The van der Waals surface area contributed by atoms with E-state index in [1.807, 2.05) is 26.0 Å². The third-order valence-corrected chi connectivity index (χ3v) is 3.56. The summed E-state index contributed by atoms with van der Waals surface area (Å²) in [5, 5.41) is 0. The molecule has 0 heterocycles. The molecule has 112 valence electrons. The van der Waals surface area contributed by atoms with Crippen LogP contribution in [0.4, 0.5) is 0 Å². The molecule has 0 unspecified atom stereocenters. The highest BCUT2D eigenvalue weighted by Crippen LogP contribution is 2.19. The minimum absolute atomic E-state index is 0. The zero-order valence-corrected chi connectivity index (χ0v) is 13.3. The molecule has 0 saturated carbocycles. The van der Waals surface area contributed by atoms with E-state index in [4.69, 9.17) is 4.84 Å². The number of hydroxylamine groups is 3. The van der Waals surface area contributed by atoms with Gasteiger partial charge >= 0.3 is 5.97 Å². The quantitative estimate of drug-likeness (QED) is 0.410. The van der Waals surface area contributed by atoms with Crippen LogP contribution in [0.2, 0.25) is 0 Å². The van der Waals surface area contributed by atoms with Crippen molar-refractivity contribution in [3.63, 3.8) is 0 Å². The minimum atomic E-state index is -0.363. The van der Waals surface area contributed by atoms with Crippen LogP contribution in [0.3, 0.4) is 0 Å². The Morgan fingerprint density at radius 1 is 1.20 bits per heavy atom. The molecule has 0 N–H and O–H groups in total. The molecule has 1 aromatic rings. The Hall–Kier alpha value is -1.32. The largest absolute Gasteiger partial charge is 1.00 e. The molecule has 0 radical (unpaired) electrons. The topological polar surface area (TPSA) is 26.3 Å². The summed E-state index contributed by atoms with van der Waals surface area (Å²) in [4.78, 5) is 17.1. The molecule has 0 spiro atoms. The number of carbonyl (C=O) groups excluding carboxylic acids is 1. The Kier molecular flexibility index (Phi) is 8.19. The van der Waals surface area contributed by atoms with Gasteiger partial charge in [-0.25, -0.2) is 4.79 Å². The summed E-state index contributed by atoms with van der Waals surface area (Å²) < 4.78 is 0.307. The number of hydrogen-bond donors (Lipinski definition) is 0. The van der Waals surface area contributed by atoms with Gasteiger partial charge in [-0.3, -0.25) is 4.84 Å². The van der Waals surface area contributed by atoms with E-state index in [1.54, 1.807) is 0 Å². The van der Waals surface area contributed by atoms with E-state index in [0.717, 1.165) is 19.5 Å². The van der Waals surface area contributed by atoms with Crippen LogP contribution in [-0.2, 0) is 22.6 Å². The lowest BCUT2D eigenvalue weighted by Gasteiger charge is -2.32. The molecule has 0 aliphatic rings. The average Bonchev–Trinajstić information content (AvgIpc) is 2.46. The van der Waals surface area contributed by atoms with Crippen LogP contribution < -0.4 is 12.4 Å². The smallest absolute Gasteiger partial charge is 0.389 e. The van der Waals surface area contributed by atoms with Crippen molar-refractivity contribution in [2.45, 2.75) is 33.7 Å². The van der Waals surface area contributed by atoms with Crippen molar-refractivity contribution >= 4 is 5.97 Å². The fourth-order valence-corrected chi connectivity index (χ4v) is 2.20. The van der Waals surface area contributed by atoms with Gasteiger partial charge in [-0.05, 0) is 25.8 Å². The van der Waals surface area contributed by atoms with Crippen molar-refractivity contribution in [2.24, 2.45) is 0 Å². The Balaban J connectivity index is 0.00000361. The number of benzene rings is 1. The van der Waals surface area contributed by atoms with Gasteiger partial charge in [0.25, 0.3) is 0 Å². The summed E-state index contributed by atoms with van der Waals surface area (Å²) in [7, 11) is 0. The van der Waals surface area contributed by atoms with Crippen LogP contribution in [0, 0.1) is 0 Å². The summed E-state index contributed by atoms with van der Waals surface area (Å²) >= 11 is 0. The highest BCUT2D eigenvalue weighted by molar-refractivity contribution is 5.80. The van der Waals surface area contributed by atoms with Gasteiger partial charge < -0.3 is 12.4 Å². The second kappa shape index (κ2) is 8.77. The zero-order valence-electron chi connectivity index (χ0n) is 12.6. The average molecular weight is 298 g/mol. The maximum atomic E-state index is 11.5. The fourth-order valence-electron chi connectivity index (χ4n) is 2.20. The van der Waals surface area contributed by atoms with Gasteiger partial charge in [0.05, 0.1) is 0 Å². The highest BCUT2D eigenvalue weighted by Gasteiger charge is 2.29. The molecule has 0 saturated heterocycles. The van der Waals surface area contributed by atoms with Gasteiger partial charge in [0.15, 0.2) is 0 Å². The van der Waals surface area contributed by atoms with Crippen LogP contribution in [0.25, 0.3) is 0 Å². The second-order valence-corrected chi connectivity index (χ2v) is 4.59. The number of halogens is 1. The van der Waals surface area contributed by atoms with Crippen molar-refractivity contribution in [1.82, 2.24) is 0 Å². The number of nitrogens with zero attached hydrogens (tertiary/aromatic N) is 1. The maximum Gasteiger partial charge on any atom is 0.389 e. The molecule has 0 fully saturated rings. The molecule has 20 heavy (non-hydrogen) atoms. The van der Waals surface area contributed by atoms with Crippen LogP contribution in [0.1, 0.15) is 31.9 Å². The SMILES string of the molecule is C=CC(=O)O[N+](CC)(CC)Cc1ccccc1CC.[Cl-]. The number of aryl methyl sites for hydroxylation is 1. The normalized spacial score (nSPS) is 10.6. The highest BCUT2D eigenvalue weighted by atomic mass is 35.5. The fraction of sp³-hybridized carbons (Fsp3) is 0.438. The van der Waals surface area contributed by atoms with E-state index < -0.39 is 0 Å². The van der Waals surface area contributed by atoms with Crippen molar-refractivity contribution < 1.29 is 26.7 Å². The molecule has 0 bridgehead atoms. The first-order chi connectivity index (χ1) is 9.10. The zero-order chi connectivity index (χ0) is 14.3. The first-order valence-corrected chi connectivity index (χ1v) is 6.89. The lowest BCUT2D eigenvalue weighted by Crippen LogP contribution is -3.00. The maximum absolute atomic E-state index is 11.5. The summed E-state index contributed by atoms with van der Waals surface area (Å²) in [6.45, 7) is 11.9. The van der Waals surface area contributed by atoms with E-state index in [1.165, 1.54) is 17.2 Å². The van der Waals surface area contributed by atoms with Crippen LogP contribution >= 0.6 is 0 Å². The molecule has 3 nitrogen and oxygen atoms in total. The third kappa shape index (κ3) is 4.66. The van der Waals surface area contributed by atoms with E-state index in [9.17, 15) is 4.79 Å².